The van der Waals surface area contributed by atoms with Gasteiger partial charge in [0.1, 0.15) is 0 Å². The van der Waals surface area contributed by atoms with Crippen LogP contribution in [0.25, 0.3) is 0 Å². The minimum absolute atomic E-state index is 0.0903. The van der Waals surface area contributed by atoms with Gasteiger partial charge in [0.15, 0.2) is 0 Å². The van der Waals surface area contributed by atoms with Crippen LogP contribution in [0.2, 0.25) is 10.0 Å². The number of imidazole rings is 1. The van der Waals surface area contributed by atoms with Gasteiger partial charge >= 0.3 is 0 Å². The third-order valence-corrected chi connectivity index (χ3v) is 4.62. The van der Waals surface area contributed by atoms with E-state index in [1.54, 1.807) is 23.3 Å². The van der Waals surface area contributed by atoms with Crippen LogP contribution in [0.3, 0.4) is 0 Å². The fourth-order valence-corrected chi connectivity index (χ4v) is 2.87. The maximum absolute atomic E-state index is 12.0. The topological polar surface area (TPSA) is 64.0 Å². The molecule has 0 radical (unpaired) electrons. The second kappa shape index (κ2) is 5.92. The van der Waals surface area contributed by atoms with Crippen molar-refractivity contribution in [3.63, 3.8) is 0 Å². The Labute approximate surface area is 121 Å². The standard InChI is InChI=1S/C11H11Cl2N3O2S/c12-10-2-1-9(7-11(10)13)19(17,18)15-4-6-16-5-3-14-8-16/h1-3,5,7-8,15H,4,6H2. The molecule has 0 saturated heterocycles. The number of benzene rings is 1. The zero-order valence-electron chi connectivity index (χ0n) is 9.75. The van der Waals surface area contributed by atoms with Crippen molar-refractivity contribution in [3.05, 3.63) is 47.0 Å². The lowest BCUT2D eigenvalue weighted by atomic mass is 10.4. The minimum Gasteiger partial charge on any atom is -0.336 e. The second-order valence-corrected chi connectivity index (χ2v) is 6.36. The number of nitrogens with one attached hydrogen (secondary N) is 1. The Morgan fingerprint density at radius 2 is 2.05 bits per heavy atom. The molecular formula is C11H11Cl2N3O2S. The monoisotopic (exact) mass is 319 g/mol. The quantitative estimate of drug-likeness (QED) is 0.918. The van der Waals surface area contributed by atoms with Crippen molar-refractivity contribution in [2.24, 2.45) is 0 Å². The average molecular weight is 320 g/mol. The molecule has 0 unspecified atom stereocenters. The van der Waals surface area contributed by atoms with Gasteiger partial charge in [-0.15, -0.1) is 0 Å². The van der Waals surface area contributed by atoms with E-state index in [-0.39, 0.29) is 16.5 Å². The van der Waals surface area contributed by atoms with Crippen LogP contribution in [0.5, 0.6) is 0 Å². The third-order valence-electron chi connectivity index (χ3n) is 2.42. The number of hydrogen-bond acceptors (Lipinski definition) is 3. The van der Waals surface area contributed by atoms with E-state index < -0.39 is 10.0 Å². The first kappa shape index (κ1) is 14.3. The summed E-state index contributed by atoms with van der Waals surface area (Å²) in [5, 5.41) is 0.526. The van der Waals surface area contributed by atoms with E-state index in [4.69, 9.17) is 23.2 Å². The fourth-order valence-electron chi connectivity index (χ4n) is 1.46. The van der Waals surface area contributed by atoms with Crippen LogP contribution in [0.15, 0.2) is 41.8 Å². The molecule has 0 atom stereocenters. The summed E-state index contributed by atoms with van der Waals surface area (Å²) in [6, 6.07) is 4.19. The van der Waals surface area contributed by atoms with Gasteiger partial charge in [0.25, 0.3) is 0 Å². The van der Waals surface area contributed by atoms with Gasteiger partial charge in [-0.3, -0.25) is 0 Å². The molecule has 1 N–H and O–H groups in total. The van der Waals surface area contributed by atoms with E-state index in [1.807, 2.05) is 0 Å². The summed E-state index contributed by atoms with van der Waals surface area (Å²) in [6.45, 7) is 0.763. The lowest BCUT2D eigenvalue weighted by Crippen LogP contribution is -2.27. The molecule has 0 aliphatic rings. The Balaban J connectivity index is 2.03. The van der Waals surface area contributed by atoms with Crippen LogP contribution in [-0.2, 0) is 16.6 Å². The van der Waals surface area contributed by atoms with E-state index in [2.05, 4.69) is 9.71 Å². The summed E-state index contributed by atoms with van der Waals surface area (Å²) >= 11 is 11.5. The van der Waals surface area contributed by atoms with Crippen LogP contribution in [0, 0.1) is 0 Å². The van der Waals surface area contributed by atoms with Crippen molar-refractivity contribution in [2.45, 2.75) is 11.4 Å². The van der Waals surface area contributed by atoms with Crippen LogP contribution in [-0.4, -0.2) is 24.5 Å². The molecule has 2 rings (SSSR count). The SMILES string of the molecule is O=S(=O)(NCCn1ccnc1)c1ccc(Cl)c(Cl)c1. The molecule has 5 nitrogen and oxygen atoms in total. The first-order chi connectivity index (χ1) is 8.99. The molecule has 19 heavy (non-hydrogen) atoms. The summed E-state index contributed by atoms with van der Waals surface area (Å²) in [6.07, 6.45) is 5.01. The van der Waals surface area contributed by atoms with Gasteiger partial charge in [-0.05, 0) is 18.2 Å². The summed E-state index contributed by atoms with van der Waals surface area (Å²) in [5.74, 6) is 0. The molecule has 0 fully saturated rings. The summed E-state index contributed by atoms with van der Waals surface area (Å²) in [7, 11) is -3.58. The lowest BCUT2D eigenvalue weighted by Gasteiger charge is -2.08. The van der Waals surface area contributed by atoms with Crippen molar-refractivity contribution in [1.29, 1.82) is 0 Å². The predicted octanol–water partition coefficient (Wildman–Crippen LogP) is 2.17. The smallest absolute Gasteiger partial charge is 0.240 e. The summed E-state index contributed by atoms with van der Waals surface area (Å²) < 4.78 is 28.2. The van der Waals surface area contributed by atoms with E-state index in [0.717, 1.165) is 0 Å². The van der Waals surface area contributed by atoms with Gasteiger partial charge in [0.2, 0.25) is 10.0 Å². The molecule has 0 amide bonds. The van der Waals surface area contributed by atoms with Crippen molar-refractivity contribution in [2.75, 3.05) is 6.54 Å². The number of halogens is 2. The van der Waals surface area contributed by atoms with Crippen molar-refractivity contribution >= 4 is 33.2 Å². The van der Waals surface area contributed by atoms with Gasteiger partial charge in [-0.25, -0.2) is 18.1 Å². The Kier molecular flexibility index (Phi) is 4.46. The maximum atomic E-state index is 12.0. The molecular weight excluding hydrogens is 309 g/mol. The van der Waals surface area contributed by atoms with Crippen LogP contribution in [0.1, 0.15) is 0 Å². The van der Waals surface area contributed by atoms with E-state index >= 15 is 0 Å². The Morgan fingerprint density at radius 3 is 2.68 bits per heavy atom. The molecule has 1 aromatic heterocycles. The van der Waals surface area contributed by atoms with Crippen LogP contribution >= 0.6 is 23.2 Å². The highest BCUT2D eigenvalue weighted by Gasteiger charge is 2.14. The average Bonchev–Trinajstić information content (AvgIpc) is 2.85. The van der Waals surface area contributed by atoms with E-state index in [0.29, 0.717) is 11.6 Å². The number of hydrogen-bond donors (Lipinski definition) is 1. The van der Waals surface area contributed by atoms with Gasteiger partial charge in [-0.2, -0.15) is 0 Å². The molecule has 2 aromatic rings. The normalized spacial score (nSPS) is 11.7. The van der Waals surface area contributed by atoms with Crippen LogP contribution in [0.4, 0.5) is 0 Å². The van der Waals surface area contributed by atoms with E-state index in [9.17, 15) is 8.42 Å². The summed E-state index contributed by atoms with van der Waals surface area (Å²) in [5.41, 5.74) is 0. The first-order valence-corrected chi connectivity index (χ1v) is 7.63. The van der Waals surface area contributed by atoms with Gasteiger partial charge in [0.05, 0.1) is 21.3 Å². The number of sulfonamides is 1. The largest absolute Gasteiger partial charge is 0.336 e. The number of aromatic nitrogens is 2. The second-order valence-electron chi connectivity index (χ2n) is 3.77. The maximum Gasteiger partial charge on any atom is 0.240 e. The summed E-state index contributed by atoms with van der Waals surface area (Å²) in [4.78, 5) is 3.96. The number of nitrogens with zero attached hydrogens (tertiary/aromatic N) is 2. The van der Waals surface area contributed by atoms with E-state index in [1.165, 1.54) is 18.2 Å². The molecule has 0 spiro atoms. The molecule has 0 aliphatic heterocycles. The van der Waals surface area contributed by atoms with Crippen molar-refractivity contribution in [1.82, 2.24) is 14.3 Å². The van der Waals surface area contributed by atoms with Crippen LogP contribution < -0.4 is 4.72 Å². The first-order valence-electron chi connectivity index (χ1n) is 5.39. The molecule has 0 saturated carbocycles. The highest BCUT2D eigenvalue weighted by atomic mass is 35.5. The Bertz CT molecular complexity index is 657. The van der Waals surface area contributed by atoms with Gasteiger partial charge in [-0.1, -0.05) is 23.2 Å². The van der Waals surface area contributed by atoms with Crippen molar-refractivity contribution in [3.8, 4) is 0 Å². The number of rotatable bonds is 5. The molecule has 1 heterocycles. The van der Waals surface area contributed by atoms with Gasteiger partial charge in [0, 0.05) is 25.5 Å². The highest BCUT2D eigenvalue weighted by Crippen LogP contribution is 2.24. The molecule has 8 heteroatoms. The zero-order chi connectivity index (χ0) is 13.9. The van der Waals surface area contributed by atoms with Crippen molar-refractivity contribution < 1.29 is 8.42 Å². The Morgan fingerprint density at radius 1 is 1.26 bits per heavy atom. The van der Waals surface area contributed by atoms with Gasteiger partial charge < -0.3 is 4.57 Å². The third kappa shape index (κ3) is 3.70. The molecule has 102 valence electrons. The molecule has 0 aliphatic carbocycles. The molecule has 1 aromatic carbocycles. The lowest BCUT2D eigenvalue weighted by molar-refractivity contribution is 0.573. The Hall–Kier alpha value is -1.08. The fraction of sp³-hybridized carbons (Fsp3) is 0.182. The minimum atomic E-state index is -3.58. The highest BCUT2D eigenvalue weighted by molar-refractivity contribution is 7.89. The predicted molar refractivity (Wildman–Crippen MR) is 73.9 cm³/mol. The molecule has 0 bridgehead atoms. The zero-order valence-corrected chi connectivity index (χ0v) is 12.1.